The Morgan fingerprint density at radius 3 is 2.14 bits per heavy atom. The molecule has 4 rings (SSSR count). The number of aliphatic imine (C=N–C) groups is 1. The fraction of sp³-hybridized carbons (Fsp3) is 0.310. The van der Waals surface area contributed by atoms with Crippen LogP contribution in [0.25, 0.3) is 6.08 Å². The minimum atomic E-state index is -0.253. The lowest BCUT2D eigenvalue weighted by Gasteiger charge is -2.28. The van der Waals surface area contributed by atoms with Crippen LogP contribution in [0.3, 0.4) is 0 Å². The highest BCUT2D eigenvalue weighted by Crippen LogP contribution is 2.41. The first kappa shape index (κ1) is 24.9. The average molecular weight is 489 g/mol. The molecular weight excluding hydrogens is 456 g/mol. The number of furan rings is 1. The van der Waals surface area contributed by atoms with Gasteiger partial charge in [-0.3, -0.25) is 9.69 Å². The van der Waals surface area contributed by atoms with E-state index in [1.807, 2.05) is 60.7 Å². The van der Waals surface area contributed by atoms with Crippen LogP contribution in [0.4, 0.5) is 5.69 Å². The van der Waals surface area contributed by atoms with Gasteiger partial charge in [-0.1, -0.05) is 59.7 Å². The molecule has 1 amide bonds. The van der Waals surface area contributed by atoms with Crippen molar-refractivity contribution in [3.05, 3.63) is 88.2 Å². The Labute approximate surface area is 211 Å². The number of aromatic hydroxyl groups is 1. The maximum atomic E-state index is 13.5. The van der Waals surface area contributed by atoms with E-state index in [-0.39, 0.29) is 16.7 Å². The van der Waals surface area contributed by atoms with E-state index in [0.717, 1.165) is 22.4 Å². The Morgan fingerprint density at radius 1 is 0.971 bits per heavy atom. The van der Waals surface area contributed by atoms with Gasteiger partial charge in [0, 0.05) is 11.1 Å². The summed E-state index contributed by atoms with van der Waals surface area (Å²) in [5.74, 6) is 0.891. The number of para-hydroxylation sites is 1. The SMILES string of the molecule is CC(C)(C)c1cc(C=C2SC(=Nc3ccccc3)N(Cc3ccco3)C2=O)cc(C(C)(C)C)c1O. The van der Waals surface area contributed by atoms with Gasteiger partial charge in [-0.25, -0.2) is 4.99 Å². The molecule has 1 aliphatic rings. The number of hydrogen-bond donors (Lipinski definition) is 1. The van der Waals surface area contributed by atoms with Gasteiger partial charge < -0.3 is 9.52 Å². The van der Waals surface area contributed by atoms with E-state index in [9.17, 15) is 9.90 Å². The van der Waals surface area contributed by atoms with Gasteiger partial charge in [0.05, 0.1) is 23.4 Å². The molecule has 6 heteroatoms. The third-order valence-electron chi connectivity index (χ3n) is 5.81. The van der Waals surface area contributed by atoms with Crippen molar-refractivity contribution in [1.29, 1.82) is 0 Å². The molecule has 0 aliphatic carbocycles. The van der Waals surface area contributed by atoms with E-state index in [4.69, 9.17) is 9.41 Å². The lowest BCUT2D eigenvalue weighted by atomic mass is 9.78. The second-order valence-corrected chi connectivity index (χ2v) is 11.8. The van der Waals surface area contributed by atoms with Gasteiger partial charge in [0.25, 0.3) is 5.91 Å². The molecule has 2 heterocycles. The highest BCUT2D eigenvalue weighted by atomic mass is 32.2. The molecule has 1 aliphatic heterocycles. The predicted molar refractivity (Wildman–Crippen MR) is 144 cm³/mol. The first-order valence-corrected chi connectivity index (χ1v) is 12.5. The Kier molecular flexibility index (Phi) is 6.69. The molecule has 1 aromatic heterocycles. The normalized spacial score (nSPS) is 17.1. The molecular formula is C29H32N2O3S. The van der Waals surface area contributed by atoms with Crippen LogP contribution in [0, 0.1) is 0 Å². The highest BCUT2D eigenvalue weighted by molar-refractivity contribution is 8.18. The number of nitrogens with zero attached hydrogens (tertiary/aromatic N) is 2. The summed E-state index contributed by atoms with van der Waals surface area (Å²) in [4.78, 5) is 20.5. The van der Waals surface area contributed by atoms with Crippen molar-refractivity contribution >= 4 is 34.6 Å². The molecule has 182 valence electrons. The predicted octanol–water partition coefficient (Wildman–Crippen LogP) is 7.38. The lowest BCUT2D eigenvalue weighted by molar-refractivity contribution is -0.122. The summed E-state index contributed by atoms with van der Waals surface area (Å²) in [6.45, 7) is 12.8. The Bertz CT molecular complexity index is 1240. The summed E-state index contributed by atoms with van der Waals surface area (Å²) in [6.07, 6.45) is 3.51. The number of amides is 1. The van der Waals surface area contributed by atoms with Crippen molar-refractivity contribution in [3.63, 3.8) is 0 Å². The zero-order chi connectivity index (χ0) is 25.4. The zero-order valence-corrected chi connectivity index (χ0v) is 21.9. The van der Waals surface area contributed by atoms with E-state index in [2.05, 4.69) is 41.5 Å². The van der Waals surface area contributed by atoms with E-state index in [0.29, 0.717) is 28.1 Å². The second-order valence-electron chi connectivity index (χ2n) is 10.8. The molecule has 0 spiro atoms. The summed E-state index contributed by atoms with van der Waals surface area (Å²) >= 11 is 1.35. The number of amidine groups is 1. The first-order valence-electron chi connectivity index (χ1n) is 11.7. The smallest absolute Gasteiger partial charge is 0.267 e. The summed E-state index contributed by atoms with van der Waals surface area (Å²) in [6, 6.07) is 17.2. The van der Waals surface area contributed by atoms with Crippen LogP contribution in [-0.2, 0) is 22.2 Å². The molecule has 5 nitrogen and oxygen atoms in total. The minimum absolute atomic E-state index is 0.122. The van der Waals surface area contributed by atoms with Crippen molar-refractivity contribution in [1.82, 2.24) is 4.90 Å². The van der Waals surface area contributed by atoms with Crippen LogP contribution in [0.15, 0.2) is 75.2 Å². The van der Waals surface area contributed by atoms with Crippen LogP contribution < -0.4 is 0 Å². The van der Waals surface area contributed by atoms with E-state index < -0.39 is 0 Å². The fourth-order valence-corrected chi connectivity index (χ4v) is 4.93. The van der Waals surface area contributed by atoms with Gasteiger partial charge in [-0.2, -0.15) is 0 Å². The molecule has 0 radical (unpaired) electrons. The lowest BCUT2D eigenvalue weighted by Crippen LogP contribution is -2.28. The number of rotatable bonds is 4. The van der Waals surface area contributed by atoms with Gasteiger partial charge in [-0.15, -0.1) is 0 Å². The minimum Gasteiger partial charge on any atom is -0.507 e. The summed E-state index contributed by atoms with van der Waals surface area (Å²) in [5.41, 5.74) is 2.87. The van der Waals surface area contributed by atoms with Crippen molar-refractivity contribution in [2.24, 2.45) is 4.99 Å². The molecule has 35 heavy (non-hydrogen) atoms. The number of carbonyl (C=O) groups excluding carboxylic acids is 1. The van der Waals surface area contributed by atoms with Crippen LogP contribution in [0.5, 0.6) is 5.75 Å². The van der Waals surface area contributed by atoms with Crippen LogP contribution >= 0.6 is 11.8 Å². The average Bonchev–Trinajstić information content (AvgIpc) is 3.38. The number of carbonyl (C=O) groups is 1. The highest BCUT2D eigenvalue weighted by Gasteiger charge is 2.34. The van der Waals surface area contributed by atoms with Crippen molar-refractivity contribution in [2.75, 3.05) is 0 Å². The fourth-order valence-electron chi connectivity index (χ4n) is 3.94. The largest absolute Gasteiger partial charge is 0.507 e. The molecule has 3 aromatic rings. The standard InChI is InChI=1S/C29H32N2O3S/c1-28(2,3)22-15-19(16-23(25(22)32)29(4,5)6)17-24-26(33)31(18-21-13-10-14-34-21)27(35-24)30-20-11-8-7-9-12-20/h7-17,32H,18H2,1-6H3. The quantitative estimate of drug-likeness (QED) is 0.389. The van der Waals surface area contributed by atoms with E-state index >= 15 is 0 Å². The number of thioether (sulfide) groups is 1. The third kappa shape index (κ3) is 5.54. The second kappa shape index (κ2) is 9.42. The van der Waals surface area contributed by atoms with Gasteiger partial charge in [0.2, 0.25) is 0 Å². The molecule has 0 atom stereocenters. The molecule has 2 aromatic carbocycles. The molecule has 0 bridgehead atoms. The maximum absolute atomic E-state index is 13.5. The zero-order valence-electron chi connectivity index (χ0n) is 21.1. The number of phenols is 1. The number of benzene rings is 2. The van der Waals surface area contributed by atoms with Crippen LogP contribution in [0.2, 0.25) is 0 Å². The van der Waals surface area contributed by atoms with E-state index in [1.165, 1.54) is 11.8 Å². The Balaban J connectivity index is 1.79. The third-order valence-corrected chi connectivity index (χ3v) is 6.82. The summed E-state index contributed by atoms with van der Waals surface area (Å²) in [5, 5.41) is 11.7. The van der Waals surface area contributed by atoms with Gasteiger partial charge in [0.1, 0.15) is 11.5 Å². The Morgan fingerprint density at radius 2 is 1.60 bits per heavy atom. The van der Waals surface area contributed by atoms with E-state index in [1.54, 1.807) is 11.2 Å². The maximum Gasteiger partial charge on any atom is 0.267 e. The number of phenolic OH excluding ortho intramolecular Hbond substituents is 1. The molecule has 0 unspecified atom stereocenters. The summed E-state index contributed by atoms with van der Waals surface area (Å²) < 4.78 is 5.51. The van der Waals surface area contributed by atoms with Gasteiger partial charge in [0.15, 0.2) is 5.17 Å². The Hall–Kier alpha value is -3.25. The summed E-state index contributed by atoms with van der Waals surface area (Å²) in [7, 11) is 0. The van der Waals surface area contributed by atoms with Crippen molar-refractivity contribution < 1.29 is 14.3 Å². The first-order chi connectivity index (χ1) is 16.4. The molecule has 1 N–H and O–H groups in total. The molecule has 0 saturated carbocycles. The molecule has 1 saturated heterocycles. The monoisotopic (exact) mass is 488 g/mol. The van der Waals surface area contributed by atoms with Gasteiger partial charge >= 0.3 is 0 Å². The topological polar surface area (TPSA) is 66.0 Å². The number of hydrogen-bond acceptors (Lipinski definition) is 5. The van der Waals surface area contributed by atoms with Crippen molar-refractivity contribution in [2.45, 2.75) is 58.9 Å². The van der Waals surface area contributed by atoms with Crippen LogP contribution in [0.1, 0.15) is 64.0 Å². The van der Waals surface area contributed by atoms with Crippen LogP contribution in [-0.4, -0.2) is 21.1 Å². The van der Waals surface area contributed by atoms with Crippen molar-refractivity contribution in [3.8, 4) is 5.75 Å². The molecule has 1 fully saturated rings. The van der Waals surface area contributed by atoms with Gasteiger partial charge in [-0.05, 0) is 70.6 Å².